The molecule has 0 atom stereocenters. The average Bonchev–Trinajstić information content (AvgIpc) is 2.73. The third-order valence-electron chi connectivity index (χ3n) is 4.00. The summed E-state index contributed by atoms with van der Waals surface area (Å²) in [5.74, 6) is 1.89. The first-order valence-corrected chi connectivity index (χ1v) is 8.01. The van der Waals surface area contributed by atoms with E-state index in [4.69, 9.17) is 4.98 Å². The van der Waals surface area contributed by atoms with Gasteiger partial charge in [-0.2, -0.15) is 0 Å². The number of aromatic nitrogens is 2. The molecule has 2 nitrogen and oxygen atoms in total. The Morgan fingerprint density at radius 1 is 1.20 bits per heavy atom. The predicted molar refractivity (Wildman–Crippen MR) is 89.8 cm³/mol. The summed E-state index contributed by atoms with van der Waals surface area (Å²) in [5.41, 5.74) is 2.36. The minimum atomic E-state index is 0.0574. The molecule has 0 aliphatic heterocycles. The molecule has 1 aromatic carbocycles. The van der Waals surface area contributed by atoms with E-state index >= 15 is 0 Å². The standard InChI is InChI=1S/C17H26N2S/c1-6-12(7-2)11-19-15-9-8-13(20)10-14(15)18-16(19)17(3,4)5/h8-10,12,20H,6-7,11H2,1-5H3. The summed E-state index contributed by atoms with van der Waals surface area (Å²) in [6, 6.07) is 6.28. The smallest absolute Gasteiger partial charge is 0.115 e. The van der Waals surface area contributed by atoms with Crippen molar-refractivity contribution in [1.29, 1.82) is 0 Å². The maximum atomic E-state index is 4.88. The largest absolute Gasteiger partial charge is 0.327 e. The van der Waals surface area contributed by atoms with Crippen LogP contribution in [-0.2, 0) is 12.0 Å². The van der Waals surface area contributed by atoms with Gasteiger partial charge in [-0.05, 0) is 24.1 Å². The van der Waals surface area contributed by atoms with Crippen molar-refractivity contribution in [2.45, 2.75) is 64.3 Å². The van der Waals surface area contributed by atoms with Gasteiger partial charge in [-0.15, -0.1) is 12.6 Å². The van der Waals surface area contributed by atoms with Crippen LogP contribution in [0.15, 0.2) is 23.1 Å². The first-order valence-electron chi connectivity index (χ1n) is 7.56. The van der Waals surface area contributed by atoms with Gasteiger partial charge in [0.15, 0.2) is 0 Å². The second-order valence-electron chi connectivity index (χ2n) is 6.65. The Hall–Kier alpha value is -0.960. The highest BCUT2D eigenvalue weighted by molar-refractivity contribution is 7.80. The lowest BCUT2D eigenvalue weighted by Gasteiger charge is -2.23. The fourth-order valence-corrected chi connectivity index (χ4v) is 2.88. The molecule has 3 heteroatoms. The monoisotopic (exact) mass is 290 g/mol. The highest BCUT2D eigenvalue weighted by atomic mass is 32.1. The average molecular weight is 290 g/mol. The highest BCUT2D eigenvalue weighted by Gasteiger charge is 2.23. The molecular formula is C17H26N2S. The summed E-state index contributed by atoms with van der Waals surface area (Å²) in [5, 5.41) is 0. The molecule has 20 heavy (non-hydrogen) atoms. The van der Waals surface area contributed by atoms with Gasteiger partial charge < -0.3 is 4.57 Å². The maximum absolute atomic E-state index is 4.88. The number of thiol groups is 1. The molecule has 110 valence electrons. The Kier molecular flexibility index (Phi) is 4.48. The van der Waals surface area contributed by atoms with Crippen LogP contribution in [0.25, 0.3) is 11.0 Å². The van der Waals surface area contributed by atoms with Crippen LogP contribution < -0.4 is 0 Å². The van der Waals surface area contributed by atoms with Crippen LogP contribution in [0.3, 0.4) is 0 Å². The summed E-state index contributed by atoms with van der Waals surface area (Å²) in [6.07, 6.45) is 2.43. The Bertz CT molecular complexity index is 589. The Balaban J connectivity index is 2.58. The van der Waals surface area contributed by atoms with Crippen molar-refractivity contribution in [2.24, 2.45) is 5.92 Å². The van der Waals surface area contributed by atoms with Crippen LogP contribution in [0, 0.1) is 5.92 Å². The zero-order valence-electron chi connectivity index (χ0n) is 13.3. The van der Waals surface area contributed by atoms with E-state index in [1.54, 1.807) is 0 Å². The number of nitrogens with zero attached hydrogens (tertiary/aromatic N) is 2. The molecular weight excluding hydrogens is 264 g/mol. The van der Waals surface area contributed by atoms with Gasteiger partial charge in [0.05, 0.1) is 11.0 Å². The molecule has 2 aromatic rings. The molecule has 0 unspecified atom stereocenters. The third-order valence-corrected chi connectivity index (χ3v) is 4.28. The molecule has 1 aromatic heterocycles. The van der Waals surface area contributed by atoms with E-state index < -0.39 is 0 Å². The number of hydrogen-bond acceptors (Lipinski definition) is 2. The lowest BCUT2D eigenvalue weighted by molar-refractivity contribution is 0.396. The van der Waals surface area contributed by atoms with Crippen molar-refractivity contribution in [1.82, 2.24) is 9.55 Å². The zero-order valence-corrected chi connectivity index (χ0v) is 14.2. The Labute approximate surface area is 128 Å². The summed E-state index contributed by atoms with van der Waals surface area (Å²) in [6.45, 7) is 12.3. The molecule has 0 radical (unpaired) electrons. The van der Waals surface area contributed by atoms with E-state index in [2.05, 4.69) is 70.0 Å². The minimum absolute atomic E-state index is 0.0574. The van der Waals surface area contributed by atoms with Gasteiger partial charge in [0.1, 0.15) is 5.82 Å². The van der Waals surface area contributed by atoms with E-state index in [0.29, 0.717) is 5.92 Å². The van der Waals surface area contributed by atoms with Crippen LogP contribution in [0.4, 0.5) is 0 Å². The first kappa shape index (κ1) is 15.4. The van der Waals surface area contributed by atoms with Gasteiger partial charge in [0.25, 0.3) is 0 Å². The van der Waals surface area contributed by atoms with Gasteiger partial charge in [0, 0.05) is 16.9 Å². The van der Waals surface area contributed by atoms with E-state index in [1.807, 2.05) is 0 Å². The summed E-state index contributed by atoms with van der Waals surface area (Å²) < 4.78 is 2.42. The second-order valence-corrected chi connectivity index (χ2v) is 7.17. The van der Waals surface area contributed by atoms with Crippen molar-refractivity contribution >= 4 is 23.7 Å². The molecule has 0 saturated carbocycles. The second kappa shape index (κ2) is 5.80. The van der Waals surface area contributed by atoms with Crippen molar-refractivity contribution in [3.8, 4) is 0 Å². The van der Waals surface area contributed by atoms with Gasteiger partial charge in [-0.25, -0.2) is 4.98 Å². The quantitative estimate of drug-likeness (QED) is 0.779. The topological polar surface area (TPSA) is 17.8 Å². The van der Waals surface area contributed by atoms with E-state index in [9.17, 15) is 0 Å². The molecule has 0 aliphatic carbocycles. The molecule has 0 N–H and O–H groups in total. The van der Waals surface area contributed by atoms with Gasteiger partial charge in [0.2, 0.25) is 0 Å². The summed E-state index contributed by atoms with van der Waals surface area (Å²) in [4.78, 5) is 5.86. The molecule has 1 heterocycles. The Morgan fingerprint density at radius 3 is 2.40 bits per heavy atom. The van der Waals surface area contributed by atoms with E-state index in [1.165, 1.54) is 24.2 Å². The van der Waals surface area contributed by atoms with Crippen LogP contribution >= 0.6 is 12.6 Å². The molecule has 0 spiro atoms. The molecule has 0 aliphatic rings. The zero-order chi connectivity index (χ0) is 14.9. The molecule has 0 amide bonds. The number of benzene rings is 1. The molecule has 0 saturated heterocycles. The van der Waals surface area contributed by atoms with E-state index in [0.717, 1.165) is 17.0 Å². The van der Waals surface area contributed by atoms with Gasteiger partial charge in [-0.3, -0.25) is 0 Å². The normalized spacial score (nSPS) is 12.6. The van der Waals surface area contributed by atoms with Crippen LogP contribution in [0.1, 0.15) is 53.3 Å². The van der Waals surface area contributed by atoms with E-state index in [-0.39, 0.29) is 5.41 Å². The number of fused-ring (bicyclic) bond motifs is 1. The fraction of sp³-hybridized carbons (Fsp3) is 0.588. The van der Waals surface area contributed by atoms with Gasteiger partial charge >= 0.3 is 0 Å². The fourth-order valence-electron chi connectivity index (χ4n) is 2.68. The Morgan fingerprint density at radius 2 is 1.85 bits per heavy atom. The SMILES string of the molecule is CCC(CC)Cn1c(C(C)(C)C)nc2cc(S)ccc21. The molecule has 2 rings (SSSR count). The third kappa shape index (κ3) is 3.03. The predicted octanol–water partition coefficient (Wildman–Crippen LogP) is 5.06. The number of hydrogen-bond donors (Lipinski definition) is 1. The first-order chi connectivity index (χ1) is 9.36. The van der Waals surface area contributed by atoms with Crippen LogP contribution in [0.5, 0.6) is 0 Å². The minimum Gasteiger partial charge on any atom is -0.327 e. The lowest BCUT2D eigenvalue weighted by atomic mass is 9.95. The summed E-state index contributed by atoms with van der Waals surface area (Å²) >= 11 is 4.43. The van der Waals surface area contributed by atoms with Crippen molar-refractivity contribution in [3.63, 3.8) is 0 Å². The lowest BCUT2D eigenvalue weighted by Crippen LogP contribution is -2.21. The van der Waals surface area contributed by atoms with Crippen molar-refractivity contribution in [2.75, 3.05) is 0 Å². The molecule has 0 fully saturated rings. The van der Waals surface area contributed by atoms with Crippen LogP contribution in [-0.4, -0.2) is 9.55 Å². The van der Waals surface area contributed by atoms with Crippen molar-refractivity contribution < 1.29 is 0 Å². The molecule has 0 bridgehead atoms. The van der Waals surface area contributed by atoms with Crippen molar-refractivity contribution in [3.05, 3.63) is 24.0 Å². The number of imidazole rings is 1. The van der Waals surface area contributed by atoms with Crippen LogP contribution in [0.2, 0.25) is 0 Å². The highest BCUT2D eigenvalue weighted by Crippen LogP contribution is 2.29. The van der Waals surface area contributed by atoms with Gasteiger partial charge in [-0.1, -0.05) is 47.5 Å². The summed E-state index contributed by atoms with van der Waals surface area (Å²) in [7, 11) is 0. The number of rotatable bonds is 4. The maximum Gasteiger partial charge on any atom is 0.115 e.